The first-order valence-electron chi connectivity index (χ1n) is 4.54. The number of halogens is 3. The van der Waals surface area contributed by atoms with Crippen molar-refractivity contribution in [1.82, 2.24) is 0 Å². The standard InChI is InChI=1S/C10H12ClF2NO/c11-8-1-3-9(4-2-8)14-5-6-15-7-10(12)13/h1-4,10,14H,5-7H2. The monoisotopic (exact) mass is 235 g/mol. The Kier molecular flexibility index (Phi) is 5.36. The van der Waals surface area contributed by atoms with Gasteiger partial charge in [-0.1, -0.05) is 11.6 Å². The van der Waals surface area contributed by atoms with Crippen LogP contribution in [0.15, 0.2) is 24.3 Å². The van der Waals surface area contributed by atoms with Crippen molar-refractivity contribution in [3.05, 3.63) is 29.3 Å². The zero-order valence-corrected chi connectivity index (χ0v) is 8.81. The zero-order valence-electron chi connectivity index (χ0n) is 8.05. The Morgan fingerprint density at radius 3 is 2.53 bits per heavy atom. The Morgan fingerprint density at radius 2 is 1.93 bits per heavy atom. The number of benzene rings is 1. The quantitative estimate of drug-likeness (QED) is 0.766. The molecule has 0 fully saturated rings. The fourth-order valence-corrected chi connectivity index (χ4v) is 1.13. The fourth-order valence-electron chi connectivity index (χ4n) is 1.01. The van der Waals surface area contributed by atoms with Gasteiger partial charge in [-0.25, -0.2) is 8.78 Å². The van der Waals surface area contributed by atoms with Crippen LogP contribution in [0.1, 0.15) is 0 Å². The molecule has 0 amide bonds. The summed E-state index contributed by atoms with van der Waals surface area (Å²) in [6.07, 6.45) is -2.40. The minimum Gasteiger partial charge on any atom is -0.383 e. The van der Waals surface area contributed by atoms with E-state index in [1.807, 2.05) is 12.1 Å². The third-order valence-electron chi connectivity index (χ3n) is 1.66. The van der Waals surface area contributed by atoms with Crippen LogP contribution in [0.3, 0.4) is 0 Å². The SMILES string of the molecule is FC(F)COCCNc1ccc(Cl)cc1. The highest BCUT2D eigenvalue weighted by Gasteiger charge is 2.00. The average molecular weight is 236 g/mol. The number of hydrogen-bond donors (Lipinski definition) is 1. The number of anilines is 1. The Bertz CT molecular complexity index is 279. The predicted octanol–water partition coefficient (Wildman–Crippen LogP) is 3.03. The van der Waals surface area contributed by atoms with E-state index in [2.05, 4.69) is 5.32 Å². The second-order valence-corrected chi connectivity index (χ2v) is 3.34. The van der Waals surface area contributed by atoms with Crippen LogP contribution in [0.2, 0.25) is 5.02 Å². The predicted molar refractivity (Wildman–Crippen MR) is 56.8 cm³/mol. The van der Waals surface area contributed by atoms with Gasteiger partial charge >= 0.3 is 0 Å². The smallest absolute Gasteiger partial charge is 0.261 e. The van der Waals surface area contributed by atoms with E-state index < -0.39 is 13.0 Å². The van der Waals surface area contributed by atoms with Crippen molar-refractivity contribution in [1.29, 1.82) is 0 Å². The third-order valence-corrected chi connectivity index (χ3v) is 1.92. The molecule has 0 radical (unpaired) electrons. The molecule has 0 aliphatic rings. The maximum absolute atomic E-state index is 11.7. The van der Waals surface area contributed by atoms with Crippen LogP contribution in [0.25, 0.3) is 0 Å². The molecule has 0 bridgehead atoms. The lowest BCUT2D eigenvalue weighted by Gasteiger charge is -2.06. The number of hydrogen-bond acceptors (Lipinski definition) is 2. The van der Waals surface area contributed by atoms with E-state index in [-0.39, 0.29) is 6.61 Å². The van der Waals surface area contributed by atoms with Crippen molar-refractivity contribution in [2.75, 3.05) is 25.1 Å². The molecule has 1 rings (SSSR count). The molecule has 0 aliphatic heterocycles. The van der Waals surface area contributed by atoms with E-state index in [1.54, 1.807) is 12.1 Å². The lowest BCUT2D eigenvalue weighted by molar-refractivity contribution is 0.0215. The molecule has 0 spiro atoms. The fraction of sp³-hybridized carbons (Fsp3) is 0.400. The van der Waals surface area contributed by atoms with Gasteiger partial charge in [-0.05, 0) is 24.3 Å². The van der Waals surface area contributed by atoms with Gasteiger partial charge in [-0.15, -0.1) is 0 Å². The summed E-state index contributed by atoms with van der Waals surface area (Å²) in [6, 6.07) is 7.14. The Hall–Kier alpha value is -0.870. The average Bonchev–Trinajstić information content (AvgIpc) is 2.20. The van der Waals surface area contributed by atoms with Crippen LogP contribution >= 0.6 is 11.6 Å². The number of ether oxygens (including phenoxy) is 1. The highest BCUT2D eigenvalue weighted by molar-refractivity contribution is 6.30. The van der Waals surface area contributed by atoms with Crippen molar-refractivity contribution in [2.24, 2.45) is 0 Å². The summed E-state index contributed by atoms with van der Waals surface area (Å²) < 4.78 is 28.0. The normalized spacial score (nSPS) is 10.7. The molecule has 0 saturated heterocycles. The first kappa shape index (κ1) is 12.2. The van der Waals surface area contributed by atoms with E-state index >= 15 is 0 Å². The molecule has 2 nitrogen and oxygen atoms in total. The van der Waals surface area contributed by atoms with Gasteiger partial charge in [0, 0.05) is 17.3 Å². The molecule has 1 N–H and O–H groups in total. The molecule has 0 heterocycles. The summed E-state index contributed by atoms with van der Waals surface area (Å²) in [6.45, 7) is 0.240. The molecule has 1 aromatic carbocycles. The van der Waals surface area contributed by atoms with E-state index in [0.29, 0.717) is 11.6 Å². The van der Waals surface area contributed by atoms with E-state index in [4.69, 9.17) is 16.3 Å². The van der Waals surface area contributed by atoms with Crippen LogP contribution in [-0.4, -0.2) is 26.2 Å². The highest BCUT2D eigenvalue weighted by atomic mass is 35.5. The molecule has 1 aromatic rings. The van der Waals surface area contributed by atoms with Crippen LogP contribution in [0, 0.1) is 0 Å². The second kappa shape index (κ2) is 6.58. The topological polar surface area (TPSA) is 21.3 Å². The van der Waals surface area contributed by atoms with Crippen molar-refractivity contribution >= 4 is 17.3 Å². The van der Waals surface area contributed by atoms with Gasteiger partial charge in [0.1, 0.15) is 6.61 Å². The van der Waals surface area contributed by atoms with Gasteiger partial charge in [0.15, 0.2) is 0 Å². The van der Waals surface area contributed by atoms with Crippen molar-refractivity contribution < 1.29 is 13.5 Å². The van der Waals surface area contributed by atoms with Gasteiger partial charge in [-0.2, -0.15) is 0 Å². The molecule has 15 heavy (non-hydrogen) atoms. The maximum atomic E-state index is 11.7. The van der Waals surface area contributed by atoms with Gasteiger partial charge in [0.2, 0.25) is 0 Å². The minimum absolute atomic E-state index is 0.257. The van der Waals surface area contributed by atoms with Crippen LogP contribution in [-0.2, 0) is 4.74 Å². The summed E-state index contributed by atoms with van der Waals surface area (Å²) >= 11 is 5.69. The molecule has 0 saturated carbocycles. The van der Waals surface area contributed by atoms with Crippen LogP contribution < -0.4 is 5.32 Å². The highest BCUT2D eigenvalue weighted by Crippen LogP contribution is 2.12. The van der Waals surface area contributed by atoms with E-state index in [0.717, 1.165) is 5.69 Å². The summed E-state index contributed by atoms with van der Waals surface area (Å²) in [4.78, 5) is 0. The van der Waals surface area contributed by atoms with Crippen molar-refractivity contribution in [3.63, 3.8) is 0 Å². The van der Waals surface area contributed by atoms with Gasteiger partial charge < -0.3 is 10.1 Å². The largest absolute Gasteiger partial charge is 0.383 e. The Balaban J connectivity index is 2.12. The molecular weight excluding hydrogens is 224 g/mol. The molecule has 0 aliphatic carbocycles. The maximum Gasteiger partial charge on any atom is 0.261 e. The summed E-state index contributed by atoms with van der Waals surface area (Å²) in [5, 5.41) is 3.68. The van der Waals surface area contributed by atoms with E-state index in [9.17, 15) is 8.78 Å². The molecule has 0 aromatic heterocycles. The van der Waals surface area contributed by atoms with Crippen LogP contribution in [0.4, 0.5) is 14.5 Å². The van der Waals surface area contributed by atoms with Crippen molar-refractivity contribution in [3.8, 4) is 0 Å². The van der Waals surface area contributed by atoms with Gasteiger partial charge in [-0.3, -0.25) is 0 Å². The number of nitrogens with one attached hydrogen (secondary N) is 1. The Labute approximate surface area is 92.2 Å². The van der Waals surface area contributed by atoms with Gasteiger partial charge in [0.25, 0.3) is 6.43 Å². The van der Waals surface area contributed by atoms with Crippen LogP contribution in [0.5, 0.6) is 0 Å². The summed E-state index contributed by atoms with van der Waals surface area (Å²) in [5.41, 5.74) is 0.889. The molecule has 0 atom stereocenters. The number of alkyl halides is 2. The summed E-state index contributed by atoms with van der Waals surface area (Å²) in [5.74, 6) is 0. The third kappa shape index (κ3) is 5.54. The Morgan fingerprint density at radius 1 is 1.27 bits per heavy atom. The minimum atomic E-state index is -2.40. The van der Waals surface area contributed by atoms with Gasteiger partial charge in [0.05, 0.1) is 6.61 Å². The summed E-state index contributed by atoms with van der Waals surface area (Å²) in [7, 11) is 0. The molecule has 0 unspecified atom stereocenters. The zero-order chi connectivity index (χ0) is 11.1. The molecular formula is C10H12ClF2NO. The first-order valence-corrected chi connectivity index (χ1v) is 4.91. The lowest BCUT2D eigenvalue weighted by Crippen LogP contribution is -2.12. The second-order valence-electron chi connectivity index (χ2n) is 2.90. The molecule has 5 heteroatoms. The first-order chi connectivity index (χ1) is 7.18. The lowest BCUT2D eigenvalue weighted by atomic mass is 10.3. The van der Waals surface area contributed by atoms with E-state index in [1.165, 1.54) is 0 Å². The number of rotatable bonds is 6. The van der Waals surface area contributed by atoms with Crippen molar-refractivity contribution in [2.45, 2.75) is 6.43 Å². The molecule has 84 valence electrons.